The van der Waals surface area contributed by atoms with Gasteiger partial charge in [0, 0.05) is 37.8 Å². The van der Waals surface area contributed by atoms with Gasteiger partial charge in [-0.3, -0.25) is 14.6 Å². The summed E-state index contributed by atoms with van der Waals surface area (Å²) in [4.78, 5) is 42.4. The highest BCUT2D eigenvalue weighted by Crippen LogP contribution is 2.34. The van der Waals surface area contributed by atoms with E-state index in [4.69, 9.17) is 9.90 Å². The van der Waals surface area contributed by atoms with E-state index in [1.807, 2.05) is 23.2 Å². The number of carbonyl (C=O) groups is 3. The van der Waals surface area contributed by atoms with Gasteiger partial charge in [0.1, 0.15) is 0 Å². The minimum Gasteiger partial charge on any atom is -0.475 e. The van der Waals surface area contributed by atoms with Crippen LogP contribution in [0.4, 0.5) is 13.2 Å². The van der Waals surface area contributed by atoms with Gasteiger partial charge < -0.3 is 14.9 Å². The number of alkyl halides is 3. The molecule has 31 heavy (non-hydrogen) atoms. The third-order valence-electron chi connectivity index (χ3n) is 5.84. The topological polar surface area (TPSA) is 90.8 Å². The Morgan fingerprint density at radius 2 is 1.84 bits per heavy atom. The van der Waals surface area contributed by atoms with E-state index in [2.05, 4.69) is 22.0 Å². The van der Waals surface area contributed by atoms with Gasteiger partial charge in [-0.05, 0) is 37.3 Å². The molecule has 1 aromatic rings. The quantitative estimate of drug-likeness (QED) is 0.732. The number of piperidine rings is 1. The van der Waals surface area contributed by atoms with Crippen LogP contribution in [0.15, 0.2) is 36.7 Å². The molecule has 2 amide bonds. The number of hydrogen-bond donors (Lipinski definition) is 1. The van der Waals surface area contributed by atoms with E-state index >= 15 is 0 Å². The van der Waals surface area contributed by atoms with Crippen LogP contribution in [-0.2, 0) is 20.9 Å². The number of carboxylic acid groups (broad SMARTS) is 1. The van der Waals surface area contributed by atoms with Gasteiger partial charge in [-0.1, -0.05) is 18.2 Å². The molecule has 0 aromatic carbocycles. The van der Waals surface area contributed by atoms with Crippen LogP contribution in [0.5, 0.6) is 0 Å². The summed E-state index contributed by atoms with van der Waals surface area (Å²) >= 11 is 0. The van der Waals surface area contributed by atoms with Gasteiger partial charge >= 0.3 is 12.1 Å². The Kier molecular flexibility index (Phi) is 6.97. The number of carbonyl (C=O) groups excluding carboxylic acids is 2. The summed E-state index contributed by atoms with van der Waals surface area (Å²) in [5.74, 6) is -2.15. The molecule has 0 unspecified atom stereocenters. The largest absolute Gasteiger partial charge is 0.490 e. The first-order chi connectivity index (χ1) is 14.7. The number of carboxylic acids is 1. The number of halogens is 3. The lowest BCUT2D eigenvalue weighted by Crippen LogP contribution is -2.53. The highest BCUT2D eigenvalue weighted by Gasteiger charge is 2.45. The Bertz CT molecular complexity index is 836. The van der Waals surface area contributed by atoms with Crippen molar-refractivity contribution in [3.05, 3.63) is 42.2 Å². The lowest BCUT2D eigenvalue weighted by molar-refractivity contribution is -0.192. The number of rotatable bonds is 3. The first kappa shape index (κ1) is 22.8. The van der Waals surface area contributed by atoms with Gasteiger partial charge in [0.15, 0.2) is 0 Å². The summed E-state index contributed by atoms with van der Waals surface area (Å²) in [7, 11) is 0. The predicted molar refractivity (Wildman–Crippen MR) is 103 cm³/mol. The summed E-state index contributed by atoms with van der Waals surface area (Å²) < 4.78 is 31.7. The average molecular weight is 439 g/mol. The van der Waals surface area contributed by atoms with Crippen molar-refractivity contribution in [3.63, 3.8) is 0 Å². The molecule has 1 N–H and O–H groups in total. The van der Waals surface area contributed by atoms with E-state index in [0.717, 1.165) is 37.8 Å². The van der Waals surface area contributed by atoms with Crippen molar-refractivity contribution in [1.29, 1.82) is 0 Å². The molecule has 0 bridgehead atoms. The van der Waals surface area contributed by atoms with Crippen LogP contribution in [0.2, 0.25) is 0 Å². The average Bonchev–Trinajstić information content (AvgIpc) is 3.40. The summed E-state index contributed by atoms with van der Waals surface area (Å²) in [6.07, 6.45) is 6.66. The fourth-order valence-corrected chi connectivity index (χ4v) is 4.37. The lowest BCUT2D eigenvalue weighted by Gasteiger charge is -2.40. The van der Waals surface area contributed by atoms with E-state index in [-0.39, 0.29) is 29.8 Å². The molecule has 1 aromatic heterocycles. The SMILES string of the molecule is O=C(O)C(F)(F)F.O=C1CC[C@H]2[C@H](CCN2C(=O)C2CC=CC2)N1Cc1cccnc1. The molecule has 2 saturated heterocycles. The monoisotopic (exact) mass is 439 g/mol. The highest BCUT2D eigenvalue weighted by atomic mass is 19.4. The number of aromatic nitrogens is 1. The van der Waals surface area contributed by atoms with Gasteiger partial charge in [-0.2, -0.15) is 13.2 Å². The number of hydrogen-bond acceptors (Lipinski definition) is 4. The zero-order valence-electron chi connectivity index (χ0n) is 16.8. The van der Waals surface area contributed by atoms with Crippen LogP contribution < -0.4 is 0 Å². The van der Waals surface area contributed by atoms with E-state index in [9.17, 15) is 22.8 Å². The molecule has 2 atom stereocenters. The Morgan fingerprint density at radius 3 is 2.42 bits per heavy atom. The smallest absolute Gasteiger partial charge is 0.475 e. The second-order valence-electron chi connectivity index (χ2n) is 7.82. The molecule has 4 rings (SSSR count). The van der Waals surface area contributed by atoms with Crippen molar-refractivity contribution < 1.29 is 32.7 Å². The molecule has 2 aliphatic heterocycles. The summed E-state index contributed by atoms with van der Waals surface area (Å²) in [5.41, 5.74) is 1.05. The molecule has 3 heterocycles. The van der Waals surface area contributed by atoms with E-state index in [0.29, 0.717) is 13.0 Å². The third-order valence-corrected chi connectivity index (χ3v) is 5.84. The van der Waals surface area contributed by atoms with Crippen molar-refractivity contribution in [1.82, 2.24) is 14.8 Å². The second kappa shape index (κ2) is 9.49. The van der Waals surface area contributed by atoms with Crippen molar-refractivity contribution >= 4 is 17.8 Å². The molecular formula is C21H24F3N3O4. The Balaban J connectivity index is 0.000000339. The molecule has 168 valence electrons. The zero-order valence-corrected chi connectivity index (χ0v) is 16.8. The standard InChI is InChI=1S/C19H23N3O2.C2HF3O2/c23-18-8-7-16-17(22(18)13-14-4-3-10-20-12-14)9-11-21(16)19(24)15-5-1-2-6-15;3-2(4,5)1(6)7/h1-4,10,12,15-17H,5-9,11,13H2;(H,6,7)/t16-,17-;/m0./s1. The molecule has 1 aliphatic carbocycles. The molecule has 10 heteroatoms. The summed E-state index contributed by atoms with van der Waals surface area (Å²) in [6.45, 7) is 1.38. The number of fused-ring (bicyclic) bond motifs is 1. The van der Waals surface area contributed by atoms with E-state index in [1.54, 1.807) is 6.20 Å². The molecule has 2 fully saturated rings. The van der Waals surface area contributed by atoms with Crippen LogP contribution in [0.1, 0.15) is 37.7 Å². The molecule has 3 aliphatic rings. The normalized spacial score (nSPS) is 23.4. The molecule has 7 nitrogen and oxygen atoms in total. The molecule has 0 spiro atoms. The first-order valence-corrected chi connectivity index (χ1v) is 10.1. The van der Waals surface area contributed by atoms with Gasteiger partial charge in [-0.25, -0.2) is 4.79 Å². The minimum absolute atomic E-state index is 0.119. The Hall–Kier alpha value is -2.91. The maximum Gasteiger partial charge on any atom is 0.490 e. The minimum atomic E-state index is -5.08. The number of likely N-dealkylation sites (tertiary alicyclic amines) is 2. The summed E-state index contributed by atoms with van der Waals surface area (Å²) in [5, 5.41) is 7.12. The molecule has 0 saturated carbocycles. The van der Waals surface area contributed by atoms with E-state index in [1.165, 1.54) is 0 Å². The number of amides is 2. The van der Waals surface area contributed by atoms with Gasteiger partial charge in [-0.15, -0.1) is 0 Å². The number of nitrogens with zero attached hydrogens (tertiary/aromatic N) is 3. The van der Waals surface area contributed by atoms with Crippen molar-refractivity contribution in [3.8, 4) is 0 Å². The number of pyridine rings is 1. The van der Waals surface area contributed by atoms with Crippen LogP contribution in [0.25, 0.3) is 0 Å². The van der Waals surface area contributed by atoms with Crippen LogP contribution in [-0.4, -0.2) is 62.5 Å². The van der Waals surface area contributed by atoms with Crippen molar-refractivity contribution in [2.24, 2.45) is 5.92 Å². The van der Waals surface area contributed by atoms with E-state index < -0.39 is 12.1 Å². The van der Waals surface area contributed by atoms with Crippen molar-refractivity contribution in [2.75, 3.05) is 6.54 Å². The van der Waals surface area contributed by atoms with Gasteiger partial charge in [0.05, 0.1) is 12.1 Å². The van der Waals surface area contributed by atoms with Crippen LogP contribution >= 0.6 is 0 Å². The van der Waals surface area contributed by atoms with Gasteiger partial charge in [0.25, 0.3) is 0 Å². The second-order valence-corrected chi connectivity index (χ2v) is 7.82. The fraction of sp³-hybridized carbons (Fsp3) is 0.524. The third kappa shape index (κ3) is 5.42. The highest BCUT2D eigenvalue weighted by molar-refractivity contribution is 5.82. The molecular weight excluding hydrogens is 415 g/mol. The van der Waals surface area contributed by atoms with Gasteiger partial charge in [0.2, 0.25) is 11.8 Å². The van der Waals surface area contributed by atoms with Crippen LogP contribution in [0.3, 0.4) is 0 Å². The van der Waals surface area contributed by atoms with Crippen LogP contribution in [0, 0.1) is 5.92 Å². The number of aliphatic carboxylic acids is 1. The lowest BCUT2D eigenvalue weighted by atomic mass is 9.95. The first-order valence-electron chi connectivity index (χ1n) is 10.1. The maximum atomic E-state index is 12.8. The summed E-state index contributed by atoms with van der Waals surface area (Å²) in [6, 6.07) is 4.25. The fourth-order valence-electron chi connectivity index (χ4n) is 4.37. The zero-order chi connectivity index (χ0) is 22.6. The maximum absolute atomic E-state index is 12.8. The van der Waals surface area contributed by atoms with Crippen molar-refractivity contribution in [2.45, 2.75) is 56.9 Å². The Morgan fingerprint density at radius 1 is 1.16 bits per heavy atom. The molecule has 0 radical (unpaired) electrons. The number of allylic oxidation sites excluding steroid dienone is 2. The Labute approximate surface area is 177 Å². The predicted octanol–water partition coefficient (Wildman–Crippen LogP) is 2.77.